The highest BCUT2D eigenvalue weighted by molar-refractivity contribution is 14.1. The van der Waals surface area contributed by atoms with Crippen LogP contribution in [0.3, 0.4) is 0 Å². The molecule has 2 aliphatic carbocycles. The molecule has 0 amide bonds. The topological polar surface area (TPSA) is 9.23 Å². The summed E-state index contributed by atoms with van der Waals surface area (Å²) in [5, 5.41) is 0. The van der Waals surface area contributed by atoms with Gasteiger partial charge in [0.15, 0.2) is 0 Å². The first-order valence-corrected chi connectivity index (χ1v) is 9.19. The fourth-order valence-electron chi connectivity index (χ4n) is 3.79. The SMILES string of the molecule is CC1CC(C)CC(OC2CCCCCCC2I)C1. The van der Waals surface area contributed by atoms with Crippen molar-refractivity contribution in [2.45, 2.75) is 87.8 Å². The fraction of sp³-hybridized carbons (Fsp3) is 1.00. The first-order valence-electron chi connectivity index (χ1n) is 7.94. The van der Waals surface area contributed by atoms with Crippen molar-refractivity contribution in [2.24, 2.45) is 11.8 Å². The van der Waals surface area contributed by atoms with Crippen molar-refractivity contribution in [1.82, 2.24) is 0 Å². The number of rotatable bonds is 2. The molecule has 2 rings (SSSR count). The maximum atomic E-state index is 6.51. The van der Waals surface area contributed by atoms with Crippen LogP contribution in [0.4, 0.5) is 0 Å². The van der Waals surface area contributed by atoms with E-state index >= 15 is 0 Å². The molecule has 2 aliphatic rings. The third-order valence-electron chi connectivity index (χ3n) is 4.62. The van der Waals surface area contributed by atoms with Crippen LogP contribution in [0.15, 0.2) is 0 Å². The summed E-state index contributed by atoms with van der Waals surface area (Å²) in [5.74, 6) is 1.72. The number of alkyl halides is 1. The van der Waals surface area contributed by atoms with Crippen LogP contribution in [0.1, 0.15) is 71.6 Å². The normalized spacial score (nSPS) is 43.2. The Kier molecular flexibility index (Phi) is 6.26. The van der Waals surface area contributed by atoms with Crippen LogP contribution in [0, 0.1) is 11.8 Å². The third kappa shape index (κ3) is 4.66. The monoisotopic (exact) mass is 364 g/mol. The summed E-state index contributed by atoms with van der Waals surface area (Å²) in [6, 6.07) is 0. The van der Waals surface area contributed by atoms with Crippen LogP contribution in [0.2, 0.25) is 0 Å². The molecule has 0 heterocycles. The maximum Gasteiger partial charge on any atom is 0.0696 e. The van der Waals surface area contributed by atoms with Gasteiger partial charge in [0.25, 0.3) is 0 Å². The first-order chi connectivity index (χ1) is 8.65. The molecule has 0 bridgehead atoms. The molecule has 0 N–H and O–H groups in total. The molecule has 0 aromatic carbocycles. The van der Waals surface area contributed by atoms with E-state index in [1.165, 1.54) is 57.8 Å². The first kappa shape index (κ1) is 15.1. The Balaban J connectivity index is 1.85. The van der Waals surface area contributed by atoms with Crippen LogP contribution in [0.5, 0.6) is 0 Å². The van der Waals surface area contributed by atoms with Gasteiger partial charge >= 0.3 is 0 Å². The molecule has 2 fully saturated rings. The minimum absolute atomic E-state index is 0.536. The zero-order valence-corrected chi connectivity index (χ0v) is 14.2. The molecule has 0 spiro atoms. The highest BCUT2D eigenvalue weighted by Crippen LogP contribution is 2.34. The van der Waals surface area contributed by atoms with Crippen molar-refractivity contribution in [3.8, 4) is 0 Å². The number of halogens is 1. The smallest absolute Gasteiger partial charge is 0.0696 e. The Morgan fingerprint density at radius 2 is 1.44 bits per heavy atom. The molecule has 18 heavy (non-hydrogen) atoms. The van der Waals surface area contributed by atoms with Gasteiger partial charge in [0, 0.05) is 3.92 Å². The van der Waals surface area contributed by atoms with Crippen LogP contribution < -0.4 is 0 Å². The second-order valence-corrected chi connectivity index (χ2v) is 8.32. The molecule has 2 saturated carbocycles. The molecular weight excluding hydrogens is 335 g/mol. The van der Waals surface area contributed by atoms with Crippen LogP contribution in [-0.4, -0.2) is 16.1 Å². The van der Waals surface area contributed by atoms with Crippen molar-refractivity contribution in [3.63, 3.8) is 0 Å². The van der Waals surface area contributed by atoms with Crippen molar-refractivity contribution in [1.29, 1.82) is 0 Å². The molecule has 0 aromatic heterocycles. The van der Waals surface area contributed by atoms with E-state index in [9.17, 15) is 0 Å². The fourth-order valence-corrected chi connectivity index (χ4v) is 4.76. The Labute approximate surface area is 127 Å². The summed E-state index contributed by atoms with van der Waals surface area (Å²) < 4.78 is 7.26. The minimum Gasteiger partial charge on any atom is -0.374 e. The lowest BCUT2D eigenvalue weighted by molar-refractivity contribution is -0.0532. The molecule has 106 valence electrons. The van der Waals surface area contributed by atoms with E-state index in [1.54, 1.807) is 0 Å². The third-order valence-corrected chi connectivity index (χ3v) is 6.05. The molecule has 2 heteroatoms. The summed E-state index contributed by atoms with van der Waals surface area (Å²) in [7, 11) is 0. The van der Waals surface area contributed by atoms with Crippen molar-refractivity contribution in [3.05, 3.63) is 0 Å². The maximum absolute atomic E-state index is 6.51. The minimum atomic E-state index is 0.536. The van der Waals surface area contributed by atoms with E-state index in [0.29, 0.717) is 12.2 Å². The van der Waals surface area contributed by atoms with E-state index in [0.717, 1.165) is 15.8 Å². The van der Waals surface area contributed by atoms with Crippen LogP contribution >= 0.6 is 22.6 Å². The number of ether oxygens (including phenoxy) is 1. The van der Waals surface area contributed by atoms with E-state index in [-0.39, 0.29) is 0 Å². The zero-order chi connectivity index (χ0) is 13.0. The van der Waals surface area contributed by atoms with Gasteiger partial charge < -0.3 is 4.74 Å². The Morgan fingerprint density at radius 3 is 2.11 bits per heavy atom. The molecule has 0 aromatic rings. The summed E-state index contributed by atoms with van der Waals surface area (Å²) in [5.41, 5.74) is 0. The Bertz CT molecular complexity index is 233. The molecule has 0 aliphatic heterocycles. The highest BCUT2D eigenvalue weighted by Gasteiger charge is 2.29. The lowest BCUT2D eigenvalue weighted by Gasteiger charge is -2.36. The van der Waals surface area contributed by atoms with Gasteiger partial charge in [0.1, 0.15) is 0 Å². The quantitative estimate of drug-likeness (QED) is 0.474. The predicted octanol–water partition coefficient (Wildman–Crippen LogP) is 5.35. The number of hydrogen-bond acceptors (Lipinski definition) is 1. The summed E-state index contributed by atoms with van der Waals surface area (Å²) in [4.78, 5) is 0. The van der Waals surface area contributed by atoms with Crippen molar-refractivity contribution in [2.75, 3.05) is 0 Å². The Morgan fingerprint density at radius 1 is 0.833 bits per heavy atom. The zero-order valence-electron chi connectivity index (χ0n) is 12.0. The molecule has 4 atom stereocenters. The predicted molar refractivity (Wildman–Crippen MR) is 86.4 cm³/mol. The van der Waals surface area contributed by atoms with Gasteiger partial charge in [-0.15, -0.1) is 0 Å². The van der Waals surface area contributed by atoms with Gasteiger partial charge in [-0.1, -0.05) is 62.1 Å². The van der Waals surface area contributed by atoms with Gasteiger partial charge in [0.05, 0.1) is 12.2 Å². The highest BCUT2D eigenvalue weighted by atomic mass is 127. The van der Waals surface area contributed by atoms with E-state index in [1.807, 2.05) is 0 Å². The van der Waals surface area contributed by atoms with Gasteiger partial charge in [-0.05, 0) is 43.9 Å². The second-order valence-electron chi connectivity index (χ2n) is 6.72. The lowest BCUT2D eigenvalue weighted by atomic mass is 9.81. The van der Waals surface area contributed by atoms with Crippen LogP contribution in [0.25, 0.3) is 0 Å². The van der Waals surface area contributed by atoms with Gasteiger partial charge in [-0.25, -0.2) is 0 Å². The Hall–Kier alpha value is 0.690. The molecular formula is C16H29IO. The lowest BCUT2D eigenvalue weighted by Crippen LogP contribution is -2.34. The molecule has 0 saturated heterocycles. The van der Waals surface area contributed by atoms with Crippen molar-refractivity contribution >= 4 is 22.6 Å². The second kappa shape index (κ2) is 7.47. The average molecular weight is 364 g/mol. The van der Waals surface area contributed by atoms with E-state index in [4.69, 9.17) is 4.74 Å². The van der Waals surface area contributed by atoms with Crippen molar-refractivity contribution < 1.29 is 4.74 Å². The number of hydrogen-bond donors (Lipinski definition) is 0. The standard InChI is InChI=1S/C16H29IO/c1-12-9-13(2)11-14(10-12)18-16-8-6-4-3-5-7-15(16)17/h12-16H,3-11H2,1-2H3. The van der Waals surface area contributed by atoms with Gasteiger partial charge in [0.2, 0.25) is 0 Å². The summed E-state index contributed by atoms with van der Waals surface area (Å²) in [6.07, 6.45) is 13.4. The molecule has 1 nitrogen and oxygen atoms in total. The van der Waals surface area contributed by atoms with Crippen LogP contribution in [-0.2, 0) is 4.74 Å². The average Bonchev–Trinajstić information content (AvgIpc) is 2.28. The largest absolute Gasteiger partial charge is 0.374 e. The van der Waals surface area contributed by atoms with Gasteiger partial charge in [-0.3, -0.25) is 0 Å². The molecule has 4 unspecified atom stereocenters. The summed E-state index contributed by atoms with van der Waals surface area (Å²) >= 11 is 2.64. The molecule has 0 radical (unpaired) electrons. The summed E-state index contributed by atoms with van der Waals surface area (Å²) in [6.45, 7) is 4.79. The van der Waals surface area contributed by atoms with Gasteiger partial charge in [-0.2, -0.15) is 0 Å². The van der Waals surface area contributed by atoms with E-state index in [2.05, 4.69) is 36.4 Å². The van der Waals surface area contributed by atoms with E-state index < -0.39 is 0 Å².